The SMILES string of the molecule is N#Cc1ccc(NC(=O)CC2CCCNC2)cc1C#N. The Kier molecular flexibility index (Phi) is 4.70. The summed E-state index contributed by atoms with van der Waals surface area (Å²) in [5.74, 6) is 0.324. The lowest BCUT2D eigenvalue weighted by molar-refractivity contribution is -0.117. The first-order valence-corrected chi connectivity index (χ1v) is 6.67. The maximum absolute atomic E-state index is 11.9. The van der Waals surface area contributed by atoms with Crippen molar-refractivity contribution < 1.29 is 4.79 Å². The second kappa shape index (κ2) is 6.70. The van der Waals surface area contributed by atoms with Gasteiger partial charge >= 0.3 is 0 Å². The van der Waals surface area contributed by atoms with Gasteiger partial charge in [-0.05, 0) is 50.0 Å². The predicted octanol–water partition coefficient (Wildman–Crippen LogP) is 1.76. The number of carbonyl (C=O) groups is 1. The van der Waals surface area contributed by atoms with Gasteiger partial charge in [0.25, 0.3) is 0 Å². The normalized spacial score (nSPS) is 17.8. The first-order chi connectivity index (χ1) is 9.72. The van der Waals surface area contributed by atoms with E-state index in [0.29, 0.717) is 23.6 Å². The molecular formula is C15H16N4O. The fourth-order valence-electron chi connectivity index (χ4n) is 2.38. The molecule has 0 aromatic heterocycles. The van der Waals surface area contributed by atoms with E-state index in [1.54, 1.807) is 12.1 Å². The number of nitrogens with zero attached hydrogens (tertiary/aromatic N) is 2. The van der Waals surface area contributed by atoms with Crippen LogP contribution in [-0.4, -0.2) is 19.0 Å². The Morgan fingerprint density at radius 2 is 2.15 bits per heavy atom. The minimum absolute atomic E-state index is 0.0488. The maximum Gasteiger partial charge on any atom is 0.224 e. The van der Waals surface area contributed by atoms with Crippen molar-refractivity contribution in [2.24, 2.45) is 5.92 Å². The Morgan fingerprint density at radius 3 is 2.80 bits per heavy atom. The number of nitriles is 2. The van der Waals surface area contributed by atoms with Crippen molar-refractivity contribution in [3.63, 3.8) is 0 Å². The number of hydrogen-bond donors (Lipinski definition) is 2. The third-order valence-corrected chi connectivity index (χ3v) is 3.42. The van der Waals surface area contributed by atoms with E-state index in [0.717, 1.165) is 25.9 Å². The summed E-state index contributed by atoms with van der Waals surface area (Å²) in [6.07, 6.45) is 2.65. The molecule has 1 saturated heterocycles. The molecule has 0 radical (unpaired) electrons. The van der Waals surface area contributed by atoms with Crippen LogP contribution < -0.4 is 10.6 Å². The van der Waals surface area contributed by atoms with Crippen LogP contribution in [0.1, 0.15) is 30.4 Å². The van der Waals surface area contributed by atoms with Gasteiger partial charge in [-0.15, -0.1) is 0 Å². The molecule has 1 aliphatic heterocycles. The number of anilines is 1. The molecule has 20 heavy (non-hydrogen) atoms. The van der Waals surface area contributed by atoms with Gasteiger partial charge < -0.3 is 10.6 Å². The van der Waals surface area contributed by atoms with Crippen LogP contribution in [0.15, 0.2) is 18.2 Å². The lowest BCUT2D eigenvalue weighted by atomic mass is 9.96. The molecule has 1 amide bonds. The second-order valence-corrected chi connectivity index (χ2v) is 4.95. The Labute approximate surface area is 118 Å². The minimum Gasteiger partial charge on any atom is -0.326 e. The van der Waals surface area contributed by atoms with Crippen LogP contribution in [0.5, 0.6) is 0 Å². The molecule has 1 atom stereocenters. The van der Waals surface area contributed by atoms with Crippen LogP contribution in [0, 0.1) is 28.6 Å². The molecule has 102 valence electrons. The van der Waals surface area contributed by atoms with Gasteiger partial charge in [-0.1, -0.05) is 0 Å². The highest BCUT2D eigenvalue weighted by atomic mass is 16.1. The van der Waals surface area contributed by atoms with E-state index in [4.69, 9.17) is 10.5 Å². The van der Waals surface area contributed by atoms with Crippen molar-refractivity contribution >= 4 is 11.6 Å². The van der Waals surface area contributed by atoms with Crippen LogP contribution in [-0.2, 0) is 4.79 Å². The minimum atomic E-state index is -0.0488. The number of piperidine rings is 1. The first kappa shape index (κ1) is 14.0. The van der Waals surface area contributed by atoms with E-state index < -0.39 is 0 Å². The van der Waals surface area contributed by atoms with Crippen LogP contribution in [0.3, 0.4) is 0 Å². The van der Waals surface area contributed by atoms with Crippen molar-refractivity contribution in [2.45, 2.75) is 19.3 Å². The Morgan fingerprint density at radius 1 is 1.35 bits per heavy atom. The van der Waals surface area contributed by atoms with Crippen LogP contribution in [0.2, 0.25) is 0 Å². The summed E-state index contributed by atoms with van der Waals surface area (Å²) < 4.78 is 0. The van der Waals surface area contributed by atoms with Gasteiger partial charge in [0.1, 0.15) is 12.1 Å². The summed E-state index contributed by atoms with van der Waals surface area (Å²) in [6.45, 7) is 1.91. The third kappa shape index (κ3) is 3.57. The van der Waals surface area contributed by atoms with Crippen LogP contribution in [0.4, 0.5) is 5.69 Å². The zero-order valence-corrected chi connectivity index (χ0v) is 11.1. The zero-order chi connectivity index (χ0) is 14.4. The van der Waals surface area contributed by atoms with Crippen molar-refractivity contribution in [1.82, 2.24) is 5.32 Å². The molecule has 1 heterocycles. The van der Waals surface area contributed by atoms with Gasteiger partial charge in [0.2, 0.25) is 5.91 Å². The summed E-state index contributed by atoms with van der Waals surface area (Å²) in [5, 5.41) is 23.9. The molecule has 1 aliphatic rings. The summed E-state index contributed by atoms with van der Waals surface area (Å²) >= 11 is 0. The van der Waals surface area contributed by atoms with E-state index in [-0.39, 0.29) is 11.5 Å². The van der Waals surface area contributed by atoms with E-state index in [1.807, 2.05) is 12.1 Å². The largest absolute Gasteiger partial charge is 0.326 e. The summed E-state index contributed by atoms with van der Waals surface area (Å²) in [5.41, 5.74) is 1.17. The fourth-order valence-corrected chi connectivity index (χ4v) is 2.38. The van der Waals surface area contributed by atoms with Crippen molar-refractivity contribution in [2.75, 3.05) is 18.4 Å². The average Bonchev–Trinajstić information content (AvgIpc) is 2.48. The van der Waals surface area contributed by atoms with Crippen molar-refractivity contribution in [3.05, 3.63) is 29.3 Å². The maximum atomic E-state index is 11.9. The van der Waals surface area contributed by atoms with Gasteiger partial charge in [-0.2, -0.15) is 10.5 Å². The molecule has 1 fully saturated rings. The number of rotatable bonds is 3. The molecule has 1 unspecified atom stereocenters. The fraction of sp³-hybridized carbons (Fsp3) is 0.400. The molecule has 0 bridgehead atoms. The number of hydrogen-bond acceptors (Lipinski definition) is 4. The number of nitrogens with one attached hydrogen (secondary N) is 2. The van der Waals surface area contributed by atoms with Crippen LogP contribution in [0.25, 0.3) is 0 Å². The Balaban J connectivity index is 1.97. The smallest absolute Gasteiger partial charge is 0.224 e. The van der Waals surface area contributed by atoms with Gasteiger partial charge in [-0.25, -0.2) is 0 Å². The molecule has 1 aromatic rings. The lowest BCUT2D eigenvalue weighted by Crippen LogP contribution is -2.32. The van der Waals surface area contributed by atoms with E-state index in [9.17, 15) is 4.79 Å². The highest BCUT2D eigenvalue weighted by Gasteiger charge is 2.17. The van der Waals surface area contributed by atoms with E-state index >= 15 is 0 Å². The molecule has 0 saturated carbocycles. The third-order valence-electron chi connectivity index (χ3n) is 3.42. The highest BCUT2D eigenvalue weighted by Crippen LogP contribution is 2.17. The molecule has 2 rings (SSSR count). The molecule has 1 aromatic carbocycles. The van der Waals surface area contributed by atoms with Crippen molar-refractivity contribution in [1.29, 1.82) is 10.5 Å². The van der Waals surface area contributed by atoms with Gasteiger partial charge in [0.15, 0.2) is 0 Å². The van der Waals surface area contributed by atoms with Crippen LogP contribution >= 0.6 is 0 Å². The molecule has 0 spiro atoms. The summed E-state index contributed by atoms with van der Waals surface area (Å²) in [6, 6.07) is 8.65. The topological polar surface area (TPSA) is 88.7 Å². The second-order valence-electron chi connectivity index (χ2n) is 4.95. The lowest BCUT2D eigenvalue weighted by Gasteiger charge is -2.22. The molecular weight excluding hydrogens is 252 g/mol. The monoisotopic (exact) mass is 268 g/mol. The first-order valence-electron chi connectivity index (χ1n) is 6.67. The number of benzene rings is 1. The average molecular weight is 268 g/mol. The highest BCUT2D eigenvalue weighted by molar-refractivity contribution is 5.91. The Bertz CT molecular complexity index is 577. The molecule has 2 N–H and O–H groups in total. The quantitative estimate of drug-likeness (QED) is 0.874. The molecule has 0 aliphatic carbocycles. The Hall–Kier alpha value is -2.37. The summed E-state index contributed by atoms with van der Waals surface area (Å²) in [4.78, 5) is 11.9. The standard InChI is InChI=1S/C15H16N4O/c16-8-12-3-4-14(7-13(12)9-17)19-15(20)6-11-2-1-5-18-10-11/h3-4,7,11,18H,1-2,5-6,10H2,(H,19,20). The number of carbonyl (C=O) groups excluding carboxylic acids is 1. The van der Waals surface area contributed by atoms with Gasteiger partial charge in [0, 0.05) is 12.1 Å². The number of amides is 1. The van der Waals surface area contributed by atoms with E-state index in [1.165, 1.54) is 6.07 Å². The zero-order valence-electron chi connectivity index (χ0n) is 11.1. The predicted molar refractivity (Wildman–Crippen MR) is 74.7 cm³/mol. The van der Waals surface area contributed by atoms with Gasteiger partial charge in [0.05, 0.1) is 11.1 Å². The summed E-state index contributed by atoms with van der Waals surface area (Å²) in [7, 11) is 0. The van der Waals surface area contributed by atoms with E-state index in [2.05, 4.69) is 10.6 Å². The van der Waals surface area contributed by atoms with Gasteiger partial charge in [-0.3, -0.25) is 4.79 Å². The molecule has 5 heteroatoms. The van der Waals surface area contributed by atoms with Crippen molar-refractivity contribution in [3.8, 4) is 12.1 Å². The molecule has 5 nitrogen and oxygen atoms in total.